The summed E-state index contributed by atoms with van der Waals surface area (Å²) in [6.45, 7) is 5.99. The van der Waals surface area contributed by atoms with Crippen molar-refractivity contribution < 1.29 is 19.3 Å². The Morgan fingerprint density at radius 3 is 2.35 bits per heavy atom. The molecule has 0 spiro atoms. The second-order valence-corrected chi connectivity index (χ2v) is 4.11. The van der Waals surface area contributed by atoms with Crippen molar-refractivity contribution in [3.05, 3.63) is 34.9 Å². The molecular formula is C13H18O4. The molecule has 4 heteroatoms. The van der Waals surface area contributed by atoms with Crippen LogP contribution in [-0.2, 0) is 14.5 Å². The van der Waals surface area contributed by atoms with Gasteiger partial charge in [0.05, 0.1) is 12.2 Å². The predicted molar refractivity (Wildman–Crippen MR) is 63.8 cm³/mol. The lowest BCUT2D eigenvalue weighted by Crippen LogP contribution is -2.18. The highest BCUT2D eigenvalue weighted by atomic mass is 17.2. The van der Waals surface area contributed by atoms with Gasteiger partial charge in [-0.15, -0.1) is 0 Å². The number of carbonyl (C=O) groups is 1. The average Bonchev–Trinajstić information content (AvgIpc) is 2.25. The standard InChI is InChI=1S/C13H18O4/c1-9-5-10(2)7-12(6-9)13(14)17-16-11(3)8-15-4/h5-7,11H,8H2,1-4H3. The lowest BCUT2D eigenvalue weighted by atomic mass is 10.1. The lowest BCUT2D eigenvalue weighted by Gasteiger charge is -2.10. The first-order valence-corrected chi connectivity index (χ1v) is 5.48. The van der Waals surface area contributed by atoms with Crippen molar-refractivity contribution in [2.24, 2.45) is 0 Å². The van der Waals surface area contributed by atoms with Crippen LogP contribution in [0.15, 0.2) is 18.2 Å². The van der Waals surface area contributed by atoms with Crippen LogP contribution < -0.4 is 0 Å². The van der Waals surface area contributed by atoms with Gasteiger partial charge in [0.2, 0.25) is 0 Å². The van der Waals surface area contributed by atoms with Gasteiger partial charge in [0.15, 0.2) is 0 Å². The zero-order chi connectivity index (χ0) is 12.8. The Morgan fingerprint density at radius 1 is 1.24 bits per heavy atom. The largest absolute Gasteiger partial charge is 0.382 e. The van der Waals surface area contributed by atoms with Crippen LogP contribution in [0.2, 0.25) is 0 Å². The van der Waals surface area contributed by atoms with Crippen LogP contribution in [0.5, 0.6) is 0 Å². The zero-order valence-corrected chi connectivity index (χ0v) is 10.6. The Morgan fingerprint density at radius 2 is 1.82 bits per heavy atom. The number of benzene rings is 1. The molecule has 0 aliphatic rings. The van der Waals surface area contributed by atoms with Crippen LogP contribution in [0.1, 0.15) is 28.4 Å². The van der Waals surface area contributed by atoms with Crippen molar-refractivity contribution in [2.75, 3.05) is 13.7 Å². The number of hydrogen-bond acceptors (Lipinski definition) is 4. The molecule has 1 aromatic rings. The Bertz CT molecular complexity index is 367. The molecule has 0 aliphatic heterocycles. The Hall–Kier alpha value is -1.39. The monoisotopic (exact) mass is 238 g/mol. The normalized spacial score (nSPS) is 12.2. The first kappa shape index (κ1) is 13.7. The summed E-state index contributed by atoms with van der Waals surface area (Å²) in [5.41, 5.74) is 2.52. The number of carbonyl (C=O) groups excluding carboxylic acids is 1. The summed E-state index contributed by atoms with van der Waals surface area (Å²) in [6, 6.07) is 5.52. The van der Waals surface area contributed by atoms with Gasteiger partial charge in [-0.05, 0) is 32.9 Å². The van der Waals surface area contributed by atoms with Gasteiger partial charge in [0.25, 0.3) is 0 Å². The molecule has 0 saturated heterocycles. The van der Waals surface area contributed by atoms with Crippen LogP contribution in [0.3, 0.4) is 0 Å². The highest BCUT2D eigenvalue weighted by Gasteiger charge is 2.12. The number of hydrogen-bond donors (Lipinski definition) is 0. The van der Waals surface area contributed by atoms with Crippen LogP contribution in [-0.4, -0.2) is 25.8 Å². The fraction of sp³-hybridized carbons (Fsp3) is 0.462. The van der Waals surface area contributed by atoms with Crippen molar-refractivity contribution in [1.82, 2.24) is 0 Å². The highest BCUT2D eigenvalue weighted by molar-refractivity contribution is 5.89. The van der Waals surface area contributed by atoms with Crippen LogP contribution in [0, 0.1) is 13.8 Å². The number of aryl methyl sites for hydroxylation is 2. The minimum atomic E-state index is -0.486. The third-order valence-electron chi connectivity index (χ3n) is 2.15. The van der Waals surface area contributed by atoms with E-state index in [2.05, 4.69) is 0 Å². The van der Waals surface area contributed by atoms with Gasteiger partial charge < -0.3 is 4.74 Å². The molecule has 0 radical (unpaired) electrons. The van der Waals surface area contributed by atoms with E-state index in [1.54, 1.807) is 26.2 Å². The molecule has 1 rings (SSSR count). The van der Waals surface area contributed by atoms with E-state index < -0.39 is 5.97 Å². The topological polar surface area (TPSA) is 44.8 Å². The molecule has 0 fully saturated rings. The van der Waals surface area contributed by atoms with Gasteiger partial charge in [-0.3, -0.25) is 4.89 Å². The maximum atomic E-state index is 11.7. The van der Waals surface area contributed by atoms with Gasteiger partial charge in [-0.1, -0.05) is 17.2 Å². The molecule has 0 heterocycles. The smallest absolute Gasteiger partial charge is 0.373 e. The van der Waals surface area contributed by atoms with E-state index >= 15 is 0 Å². The predicted octanol–water partition coefficient (Wildman–Crippen LogP) is 2.43. The van der Waals surface area contributed by atoms with Gasteiger partial charge in [-0.2, -0.15) is 4.89 Å². The summed E-state index contributed by atoms with van der Waals surface area (Å²) in [5, 5.41) is 0. The molecule has 1 aromatic carbocycles. The highest BCUT2D eigenvalue weighted by Crippen LogP contribution is 2.10. The minimum Gasteiger partial charge on any atom is -0.382 e. The summed E-state index contributed by atoms with van der Waals surface area (Å²) in [4.78, 5) is 21.3. The van der Waals surface area contributed by atoms with Crippen LogP contribution >= 0.6 is 0 Å². The summed E-state index contributed by atoms with van der Waals surface area (Å²) < 4.78 is 4.86. The third-order valence-corrected chi connectivity index (χ3v) is 2.15. The molecule has 1 unspecified atom stereocenters. The van der Waals surface area contributed by atoms with Crippen molar-refractivity contribution in [3.8, 4) is 0 Å². The van der Waals surface area contributed by atoms with Crippen molar-refractivity contribution in [3.63, 3.8) is 0 Å². The summed E-state index contributed by atoms with van der Waals surface area (Å²) in [6.07, 6.45) is -0.283. The first-order chi connectivity index (χ1) is 8.02. The lowest BCUT2D eigenvalue weighted by molar-refractivity contribution is -0.276. The number of methoxy groups -OCH3 is 1. The van der Waals surface area contributed by atoms with E-state index in [0.717, 1.165) is 11.1 Å². The van der Waals surface area contributed by atoms with Gasteiger partial charge in [-0.25, -0.2) is 4.79 Å². The molecule has 1 atom stereocenters. The molecule has 0 saturated carbocycles. The maximum Gasteiger partial charge on any atom is 0.373 e. The van der Waals surface area contributed by atoms with E-state index in [4.69, 9.17) is 14.5 Å². The Kier molecular flexibility index (Phi) is 5.12. The summed E-state index contributed by atoms with van der Waals surface area (Å²) in [5.74, 6) is -0.486. The van der Waals surface area contributed by atoms with E-state index in [9.17, 15) is 4.79 Å². The van der Waals surface area contributed by atoms with Crippen molar-refractivity contribution in [1.29, 1.82) is 0 Å². The first-order valence-electron chi connectivity index (χ1n) is 5.48. The average molecular weight is 238 g/mol. The summed E-state index contributed by atoms with van der Waals surface area (Å²) in [7, 11) is 1.56. The van der Waals surface area contributed by atoms with E-state index in [1.165, 1.54) is 0 Å². The second-order valence-electron chi connectivity index (χ2n) is 4.11. The summed E-state index contributed by atoms with van der Waals surface area (Å²) >= 11 is 0. The fourth-order valence-electron chi connectivity index (χ4n) is 1.53. The van der Waals surface area contributed by atoms with Crippen molar-refractivity contribution in [2.45, 2.75) is 26.9 Å². The molecule has 0 bridgehead atoms. The molecule has 17 heavy (non-hydrogen) atoms. The fourth-order valence-corrected chi connectivity index (χ4v) is 1.53. The molecule has 94 valence electrons. The van der Waals surface area contributed by atoms with E-state index in [-0.39, 0.29) is 6.10 Å². The molecule has 4 nitrogen and oxygen atoms in total. The molecule has 0 aliphatic carbocycles. The molecule has 0 aromatic heterocycles. The number of ether oxygens (including phenoxy) is 1. The Labute approximate surface area is 101 Å². The SMILES string of the molecule is COCC(C)OOC(=O)c1cc(C)cc(C)c1. The maximum absolute atomic E-state index is 11.7. The van der Waals surface area contributed by atoms with Gasteiger partial charge >= 0.3 is 5.97 Å². The Balaban J connectivity index is 2.58. The van der Waals surface area contributed by atoms with E-state index in [0.29, 0.717) is 12.2 Å². The van der Waals surface area contributed by atoms with Gasteiger partial charge in [0, 0.05) is 7.11 Å². The van der Waals surface area contributed by atoms with E-state index in [1.807, 2.05) is 19.9 Å². The number of rotatable bonds is 5. The second kappa shape index (κ2) is 6.37. The quantitative estimate of drug-likeness (QED) is 0.583. The van der Waals surface area contributed by atoms with Gasteiger partial charge in [0.1, 0.15) is 6.10 Å². The molecule has 0 amide bonds. The van der Waals surface area contributed by atoms with Crippen LogP contribution in [0.25, 0.3) is 0 Å². The van der Waals surface area contributed by atoms with Crippen LogP contribution in [0.4, 0.5) is 0 Å². The van der Waals surface area contributed by atoms with Crippen molar-refractivity contribution >= 4 is 5.97 Å². The minimum absolute atomic E-state index is 0.283. The molecular weight excluding hydrogens is 220 g/mol. The zero-order valence-electron chi connectivity index (χ0n) is 10.6. The molecule has 0 N–H and O–H groups in total. The third kappa shape index (κ3) is 4.54.